The Morgan fingerprint density at radius 3 is 2.48 bits per heavy atom. The van der Waals surface area contributed by atoms with Crippen LogP contribution in [0.5, 0.6) is 0 Å². The van der Waals surface area contributed by atoms with E-state index in [4.69, 9.17) is 0 Å². The van der Waals surface area contributed by atoms with Crippen LogP contribution in [0.15, 0.2) is 60.3 Å². The van der Waals surface area contributed by atoms with Crippen molar-refractivity contribution in [3.05, 3.63) is 77.2 Å². The number of nitrogens with zero attached hydrogens (tertiary/aromatic N) is 2. The summed E-state index contributed by atoms with van der Waals surface area (Å²) in [7, 11) is 0. The van der Waals surface area contributed by atoms with Crippen LogP contribution in [0.1, 0.15) is 18.1 Å². The van der Waals surface area contributed by atoms with Crippen molar-refractivity contribution in [1.29, 1.82) is 0 Å². The van der Waals surface area contributed by atoms with Gasteiger partial charge in [0, 0.05) is 35.8 Å². The van der Waals surface area contributed by atoms with Crippen molar-refractivity contribution >= 4 is 34.8 Å². The highest BCUT2D eigenvalue weighted by Gasteiger charge is 2.34. The minimum atomic E-state index is -0.710. The molecule has 0 spiro atoms. The quantitative estimate of drug-likeness (QED) is 0.548. The van der Waals surface area contributed by atoms with E-state index in [1.807, 2.05) is 35.0 Å². The molecule has 29 heavy (non-hydrogen) atoms. The van der Waals surface area contributed by atoms with Crippen molar-refractivity contribution in [2.24, 2.45) is 0 Å². The maximum atomic E-state index is 13.2. The minimum absolute atomic E-state index is 0.0869. The normalized spacial score (nSPS) is 16.0. The molecule has 146 valence electrons. The molecule has 0 aliphatic carbocycles. The van der Waals surface area contributed by atoms with Gasteiger partial charge in [0.2, 0.25) is 0 Å². The second-order valence-electron chi connectivity index (χ2n) is 6.72. The third kappa shape index (κ3) is 3.42. The molecule has 2 aromatic carbocycles. The smallest absolute Gasteiger partial charge is 0.331 e. The number of urea groups is 1. The zero-order valence-corrected chi connectivity index (χ0v) is 15.7. The van der Waals surface area contributed by atoms with Crippen LogP contribution in [0.3, 0.4) is 0 Å². The number of nitrogens with one attached hydrogen (secondary N) is 1. The molecule has 4 rings (SSSR count). The maximum absolute atomic E-state index is 13.2. The number of barbiturate groups is 1. The van der Waals surface area contributed by atoms with E-state index in [-0.39, 0.29) is 17.9 Å². The number of fused-ring (bicyclic) bond motifs is 1. The Balaban J connectivity index is 1.77. The third-order valence-corrected chi connectivity index (χ3v) is 4.89. The first-order chi connectivity index (χ1) is 14.0. The van der Waals surface area contributed by atoms with Gasteiger partial charge in [-0.05, 0) is 36.8 Å². The van der Waals surface area contributed by atoms with Crippen LogP contribution in [0.25, 0.3) is 17.0 Å². The fourth-order valence-electron chi connectivity index (χ4n) is 3.44. The van der Waals surface area contributed by atoms with E-state index in [9.17, 15) is 18.8 Å². The summed E-state index contributed by atoms with van der Waals surface area (Å²) in [6.45, 7) is 2.34. The zero-order valence-electron chi connectivity index (χ0n) is 15.7. The van der Waals surface area contributed by atoms with Gasteiger partial charge in [-0.25, -0.2) is 9.18 Å². The molecule has 2 heterocycles. The van der Waals surface area contributed by atoms with Gasteiger partial charge < -0.3 is 4.57 Å². The Labute approximate surface area is 166 Å². The van der Waals surface area contributed by atoms with Crippen molar-refractivity contribution in [1.82, 2.24) is 14.8 Å². The van der Waals surface area contributed by atoms with E-state index < -0.39 is 17.8 Å². The highest BCUT2D eigenvalue weighted by atomic mass is 19.1. The first-order valence-electron chi connectivity index (χ1n) is 9.19. The second-order valence-corrected chi connectivity index (χ2v) is 6.72. The van der Waals surface area contributed by atoms with Gasteiger partial charge in [-0.2, -0.15) is 0 Å². The number of likely N-dealkylation sites (N-methyl/N-ethyl adjacent to an activating group) is 1. The van der Waals surface area contributed by atoms with E-state index >= 15 is 0 Å². The Morgan fingerprint density at radius 2 is 1.76 bits per heavy atom. The van der Waals surface area contributed by atoms with Crippen LogP contribution in [0, 0.1) is 5.82 Å². The molecule has 0 unspecified atom stereocenters. The summed E-state index contributed by atoms with van der Waals surface area (Å²) >= 11 is 0. The molecule has 1 aromatic heterocycles. The monoisotopic (exact) mass is 391 g/mol. The van der Waals surface area contributed by atoms with Gasteiger partial charge in [0.1, 0.15) is 11.4 Å². The van der Waals surface area contributed by atoms with Crippen molar-refractivity contribution in [3.63, 3.8) is 0 Å². The summed E-state index contributed by atoms with van der Waals surface area (Å²) in [5.74, 6) is -1.62. The number of imide groups is 2. The molecule has 6 nitrogen and oxygen atoms in total. The van der Waals surface area contributed by atoms with Gasteiger partial charge in [-0.15, -0.1) is 0 Å². The maximum Gasteiger partial charge on any atom is 0.331 e. The number of aromatic nitrogens is 1. The highest BCUT2D eigenvalue weighted by molar-refractivity contribution is 6.31. The summed E-state index contributed by atoms with van der Waals surface area (Å²) in [5, 5.41) is 3.06. The fourth-order valence-corrected chi connectivity index (χ4v) is 3.44. The van der Waals surface area contributed by atoms with Crippen LogP contribution in [-0.2, 0) is 16.1 Å². The molecule has 1 fully saturated rings. The standard InChI is InChI=1S/C22H18FN3O3/c1-2-26-21(28)18(20(27)24-22(26)29)11-15-13-25(19-6-4-3-5-17(15)19)12-14-7-9-16(23)10-8-14/h3-11,13H,2,12H2,1H3,(H,24,27,29)/b18-11+. The number of carbonyl (C=O) groups is 3. The van der Waals surface area contributed by atoms with Gasteiger partial charge in [0.25, 0.3) is 11.8 Å². The van der Waals surface area contributed by atoms with Gasteiger partial charge in [0.15, 0.2) is 0 Å². The summed E-state index contributed by atoms with van der Waals surface area (Å²) in [4.78, 5) is 37.6. The van der Waals surface area contributed by atoms with Gasteiger partial charge in [0.05, 0.1) is 0 Å². The van der Waals surface area contributed by atoms with E-state index in [1.165, 1.54) is 18.2 Å². The number of amides is 4. The lowest BCUT2D eigenvalue weighted by atomic mass is 10.1. The van der Waals surface area contributed by atoms with Crippen molar-refractivity contribution in [2.45, 2.75) is 13.5 Å². The highest BCUT2D eigenvalue weighted by Crippen LogP contribution is 2.25. The molecule has 0 bridgehead atoms. The Bertz CT molecular complexity index is 1160. The number of para-hydroxylation sites is 1. The minimum Gasteiger partial charge on any atom is -0.342 e. The topological polar surface area (TPSA) is 71.4 Å². The third-order valence-electron chi connectivity index (χ3n) is 4.89. The summed E-state index contributed by atoms with van der Waals surface area (Å²) in [6.07, 6.45) is 3.35. The zero-order chi connectivity index (χ0) is 20.5. The van der Waals surface area contributed by atoms with Crippen LogP contribution in [0.4, 0.5) is 9.18 Å². The molecule has 1 aliphatic rings. The van der Waals surface area contributed by atoms with Crippen molar-refractivity contribution in [2.75, 3.05) is 6.54 Å². The van der Waals surface area contributed by atoms with Crippen LogP contribution < -0.4 is 5.32 Å². The van der Waals surface area contributed by atoms with Crippen LogP contribution in [-0.4, -0.2) is 33.9 Å². The fraction of sp³-hybridized carbons (Fsp3) is 0.136. The van der Waals surface area contributed by atoms with E-state index in [2.05, 4.69) is 5.32 Å². The molecule has 1 aliphatic heterocycles. The van der Waals surface area contributed by atoms with E-state index in [0.717, 1.165) is 21.4 Å². The Kier molecular flexibility index (Phi) is 4.72. The average molecular weight is 391 g/mol. The van der Waals surface area contributed by atoms with Crippen molar-refractivity contribution in [3.8, 4) is 0 Å². The van der Waals surface area contributed by atoms with E-state index in [1.54, 1.807) is 19.1 Å². The molecule has 1 saturated heterocycles. The predicted molar refractivity (Wildman–Crippen MR) is 106 cm³/mol. The van der Waals surface area contributed by atoms with Crippen LogP contribution in [0.2, 0.25) is 0 Å². The lowest BCUT2D eigenvalue weighted by molar-refractivity contribution is -0.129. The first-order valence-corrected chi connectivity index (χ1v) is 9.19. The first kappa shape index (κ1) is 18.6. The summed E-state index contributed by atoms with van der Waals surface area (Å²) in [6, 6.07) is 13.1. The molecule has 7 heteroatoms. The number of benzene rings is 2. The molecule has 4 amide bonds. The number of rotatable bonds is 4. The molecule has 1 N–H and O–H groups in total. The summed E-state index contributed by atoms with van der Waals surface area (Å²) < 4.78 is 15.2. The SMILES string of the molecule is CCN1C(=O)NC(=O)/C(=C\c2cn(Cc3ccc(F)cc3)c3ccccc23)C1=O. The largest absolute Gasteiger partial charge is 0.342 e. The van der Waals surface area contributed by atoms with Crippen molar-refractivity contribution < 1.29 is 18.8 Å². The molecular formula is C22H18FN3O3. The number of halogens is 1. The Morgan fingerprint density at radius 1 is 1.03 bits per heavy atom. The van der Waals surface area contributed by atoms with Crippen LogP contribution >= 0.6 is 0 Å². The number of hydrogen-bond donors (Lipinski definition) is 1. The lowest BCUT2D eigenvalue weighted by Gasteiger charge is -2.24. The van der Waals surface area contributed by atoms with Gasteiger partial charge >= 0.3 is 6.03 Å². The van der Waals surface area contributed by atoms with Gasteiger partial charge in [-0.1, -0.05) is 30.3 Å². The molecule has 0 atom stereocenters. The molecule has 3 aromatic rings. The summed E-state index contributed by atoms with van der Waals surface area (Å²) in [5.41, 5.74) is 2.43. The number of carbonyl (C=O) groups excluding carboxylic acids is 3. The number of hydrogen-bond acceptors (Lipinski definition) is 3. The second kappa shape index (κ2) is 7.35. The molecular weight excluding hydrogens is 373 g/mol. The lowest BCUT2D eigenvalue weighted by Crippen LogP contribution is -2.53. The average Bonchev–Trinajstić information content (AvgIpc) is 3.05. The Hall–Kier alpha value is -3.74. The predicted octanol–water partition coefficient (Wildman–Crippen LogP) is 3.31. The molecule has 0 radical (unpaired) electrons. The molecule has 0 saturated carbocycles. The van der Waals surface area contributed by atoms with Gasteiger partial charge in [-0.3, -0.25) is 19.8 Å². The van der Waals surface area contributed by atoms with E-state index in [0.29, 0.717) is 12.1 Å².